The van der Waals surface area contributed by atoms with Gasteiger partial charge in [0.15, 0.2) is 5.43 Å². The topological polar surface area (TPSA) is 84.2 Å². The average molecular weight is 362 g/mol. The van der Waals surface area contributed by atoms with E-state index in [0.717, 1.165) is 54.9 Å². The van der Waals surface area contributed by atoms with E-state index in [1.54, 1.807) is 12.4 Å². The average Bonchev–Trinajstić information content (AvgIpc) is 3.17. The van der Waals surface area contributed by atoms with E-state index in [-0.39, 0.29) is 5.43 Å². The molecule has 0 spiro atoms. The van der Waals surface area contributed by atoms with Crippen LogP contribution in [0.15, 0.2) is 51.9 Å². The molecule has 4 heterocycles. The van der Waals surface area contributed by atoms with Crippen LogP contribution in [0.1, 0.15) is 5.56 Å². The van der Waals surface area contributed by atoms with E-state index in [0.29, 0.717) is 16.9 Å². The second-order valence-corrected chi connectivity index (χ2v) is 6.73. The van der Waals surface area contributed by atoms with Crippen LogP contribution < -0.4 is 5.43 Å². The molecule has 1 fully saturated rings. The number of H-pyrrole nitrogens is 1. The number of morpholine rings is 1. The molecule has 5 rings (SSSR count). The Bertz CT molecular complexity index is 1170. The molecule has 0 saturated carbocycles. The van der Waals surface area contributed by atoms with E-state index >= 15 is 0 Å². The summed E-state index contributed by atoms with van der Waals surface area (Å²) in [6.07, 6.45) is 3.53. The SMILES string of the molecule is O=c1cc(-c2ccc3[nH]ncc3c2)oc2ncc(CN3CCOCC3)cc12. The summed E-state index contributed by atoms with van der Waals surface area (Å²) in [6.45, 7) is 4.02. The van der Waals surface area contributed by atoms with Gasteiger partial charge < -0.3 is 9.15 Å². The number of nitrogens with one attached hydrogen (secondary N) is 1. The van der Waals surface area contributed by atoms with Crippen LogP contribution in [-0.4, -0.2) is 46.4 Å². The molecule has 0 aliphatic carbocycles. The Hall–Kier alpha value is -3.03. The van der Waals surface area contributed by atoms with Gasteiger partial charge in [-0.05, 0) is 29.8 Å². The summed E-state index contributed by atoms with van der Waals surface area (Å²) in [5, 5.41) is 8.40. The highest BCUT2D eigenvalue weighted by Gasteiger charge is 2.13. The first-order valence-corrected chi connectivity index (χ1v) is 8.93. The molecule has 1 saturated heterocycles. The summed E-state index contributed by atoms with van der Waals surface area (Å²) in [6, 6.07) is 9.17. The Labute approximate surface area is 154 Å². The van der Waals surface area contributed by atoms with Gasteiger partial charge in [0.1, 0.15) is 5.76 Å². The Balaban J connectivity index is 1.51. The van der Waals surface area contributed by atoms with E-state index in [2.05, 4.69) is 20.1 Å². The minimum absolute atomic E-state index is 0.0881. The molecule has 0 bridgehead atoms. The summed E-state index contributed by atoms with van der Waals surface area (Å²) >= 11 is 0. The number of fused-ring (bicyclic) bond motifs is 2. The molecular formula is C20H18N4O3. The lowest BCUT2D eigenvalue weighted by Gasteiger charge is -2.26. The van der Waals surface area contributed by atoms with Crippen molar-refractivity contribution < 1.29 is 9.15 Å². The highest BCUT2D eigenvalue weighted by atomic mass is 16.5. The third-order valence-electron chi connectivity index (χ3n) is 4.88. The van der Waals surface area contributed by atoms with Gasteiger partial charge in [-0.3, -0.25) is 14.8 Å². The fourth-order valence-corrected chi connectivity index (χ4v) is 3.43. The van der Waals surface area contributed by atoms with Gasteiger partial charge in [0.25, 0.3) is 0 Å². The number of rotatable bonds is 3. The van der Waals surface area contributed by atoms with Crippen LogP contribution in [0.2, 0.25) is 0 Å². The lowest BCUT2D eigenvalue weighted by Crippen LogP contribution is -2.35. The molecule has 0 radical (unpaired) electrons. The smallest absolute Gasteiger partial charge is 0.230 e. The molecule has 7 heteroatoms. The summed E-state index contributed by atoms with van der Waals surface area (Å²) in [7, 11) is 0. The van der Waals surface area contributed by atoms with Gasteiger partial charge in [-0.1, -0.05) is 0 Å². The summed E-state index contributed by atoms with van der Waals surface area (Å²) in [4.78, 5) is 19.4. The number of nitrogens with zero attached hydrogens (tertiary/aromatic N) is 3. The predicted octanol–water partition coefficient (Wildman–Crippen LogP) is 2.56. The van der Waals surface area contributed by atoms with Crippen LogP contribution in [0.3, 0.4) is 0 Å². The number of benzene rings is 1. The lowest BCUT2D eigenvalue weighted by molar-refractivity contribution is 0.0341. The van der Waals surface area contributed by atoms with Gasteiger partial charge in [0.05, 0.1) is 30.3 Å². The number of aromatic amines is 1. The molecule has 0 atom stereocenters. The number of aromatic nitrogens is 3. The Kier molecular flexibility index (Phi) is 3.95. The molecule has 7 nitrogen and oxygen atoms in total. The Morgan fingerprint density at radius 1 is 1.11 bits per heavy atom. The van der Waals surface area contributed by atoms with Gasteiger partial charge in [0, 0.05) is 42.8 Å². The first kappa shape index (κ1) is 16.2. The van der Waals surface area contributed by atoms with Gasteiger partial charge in [-0.2, -0.15) is 5.10 Å². The van der Waals surface area contributed by atoms with Gasteiger partial charge in [-0.15, -0.1) is 0 Å². The van der Waals surface area contributed by atoms with Gasteiger partial charge in [-0.25, -0.2) is 4.98 Å². The first-order valence-electron chi connectivity index (χ1n) is 8.93. The van der Waals surface area contributed by atoms with E-state index in [4.69, 9.17) is 9.15 Å². The first-order chi connectivity index (χ1) is 13.3. The van der Waals surface area contributed by atoms with Gasteiger partial charge >= 0.3 is 0 Å². The minimum Gasteiger partial charge on any atom is -0.437 e. The highest BCUT2D eigenvalue weighted by molar-refractivity contribution is 5.84. The van der Waals surface area contributed by atoms with Crippen molar-refractivity contribution in [1.29, 1.82) is 0 Å². The lowest BCUT2D eigenvalue weighted by atomic mass is 10.1. The zero-order valence-electron chi connectivity index (χ0n) is 14.6. The third kappa shape index (κ3) is 3.11. The second kappa shape index (κ2) is 6.61. The molecule has 1 aromatic carbocycles. The van der Waals surface area contributed by atoms with E-state index in [9.17, 15) is 4.79 Å². The van der Waals surface area contributed by atoms with Crippen molar-refractivity contribution in [3.8, 4) is 11.3 Å². The van der Waals surface area contributed by atoms with Crippen molar-refractivity contribution in [2.45, 2.75) is 6.54 Å². The zero-order valence-corrected chi connectivity index (χ0v) is 14.6. The number of hydrogen-bond donors (Lipinski definition) is 1. The minimum atomic E-state index is -0.0881. The van der Waals surface area contributed by atoms with Crippen molar-refractivity contribution in [2.75, 3.05) is 26.3 Å². The molecule has 3 aromatic heterocycles. The van der Waals surface area contributed by atoms with Crippen LogP contribution >= 0.6 is 0 Å². The van der Waals surface area contributed by atoms with Gasteiger partial charge in [0.2, 0.25) is 5.71 Å². The molecule has 27 heavy (non-hydrogen) atoms. The van der Waals surface area contributed by atoms with E-state index in [1.165, 1.54) is 6.07 Å². The van der Waals surface area contributed by atoms with Crippen molar-refractivity contribution in [3.05, 3.63) is 58.5 Å². The quantitative estimate of drug-likeness (QED) is 0.603. The standard InChI is InChI=1S/C20H18N4O3/c25-18-9-19(14-1-2-17-15(8-14)11-22-23-17)27-20-16(18)7-13(10-21-20)12-24-3-5-26-6-4-24/h1-2,7-11H,3-6,12H2,(H,22,23). The maximum atomic E-state index is 12.7. The normalized spacial score (nSPS) is 15.6. The molecule has 136 valence electrons. The van der Waals surface area contributed by atoms with Crippen LogP contribution in [0, 0.1) is 0 Å². The monoisotopic (exact) mass is 362 g/mol. The number of hydrogen-bond acceptors (Lipinski definition) is 6. The highest BCUT2D eigenvalue weighted by Crippen LogP contribution is 2.25. The zero-order chi connectivity index (χ0) is 18.2. The van der Waals surface area contributed by atoms with Crippen molar-refractivity contribution >= 4 is 22.0 Å². The molecule has 0 amide bonds. The molecule has 1 aliphatic rings. The molecular weight excluding hydrogens is 344 g/mol. The fraction of sp³-hybridized carbons (Fsp3) is 0.250. The van der Waals surface area contributed by atoms with E-state index < -0.39 is 0 Å². The summed E-state index contributed by atoms with van der Waals surface area (Å²) < 4.78 is 11.3. The molecule has 1 aliphatic heterocycles. The maximum absolute atomic E-state index is 12.7. The number of ether oxygens (including phenoxy) is 1. The second-order valence-electron chi connectivity index (χ2n) is 6.73. The third-order valence-corrected chi connectivity index (χ3v) is 4.88. The van der Waals surface area contributed by atoms with Crippen LogP contribution in [0.5, 0.6) is 0 Å². The van der Waals surface area contributed by atoms with Crippen LogP contribution in [0.25, 0.3) is 33.3 Å². The van der Waals surface area contributed by atoms with Crippen molar-refractivity contribution in [2.24, 2.45) is 0 Å². The summed E-state index contributed by atoms with van der Waals surface area (Å²) in [5.41, 5.74) is 3.03. The maximum Gasteiger partial charge on any atom is 0.230 e. The Morgan fingerprint density at radius 3 is 2.89 bits per heavy atom. The molecule has 1 N–H and O–H groups in total. The summed E-state index contributed by atoms with van der Waals surface area (Å²) in [5.74, 6) is 0.504. The van der Waals surface area contributed by atoms with Crippen LogP contribution in [-0.2, 0) is 11.3 Å². The fourth-order valence-electron chi connectivity index (χ4n) is 3.43. The number of pyridine rings is 1. The molecule has 0 unspecified atom stereocenters. The van der Waals surface area contributed by atoms with Crippen LogP contribution in [0.4, 0.5) is 0 Å². The largest absolute Gasteiger partial charge is 0.437 e. The van der Waals surface area contributed by atoms with E-state index in [1.807, 2.05) is 24.3 Å². The van der Waals surface area contributed by atoms with Crippen molar-refractivity contribution in [3.63, 3.8) is 0 Å². The molecule has 4 aromatic rings. The Morgan fingerprint density at radius 2 is 2.00 bits per heavy atom. The predicted molar refractivity (Wildman–Crippen MR) is 101 cm³/mol. The van der Waals surface area contributed by atoms with Crippen molar-refractivity contribution in [1.82, 2.24) is 20.1 Å².